The number of methoxy groups -OCH3 is 4. The summed E-state index contributed by atoms with van der Waals surface area (Å²) in [6.07, 6.45) is 0.887. The summed E-state index contributed by atoms with van der Waals surface area (Å²) in [5.41, 5.74) is 0.963. The molecule has 1 rings (SSSR count). The van der Waals surface area contributed by atoms with Gasteiger partial charge in [-0.25, -0.2) is 4.99 Å². The molecule has 0 unspecified atom stereocenters. The standard InChI is InChI=1S/C19H33N3O5/c1-6-20-19(21-8-7-9-27-11-10-23-2)22-14-15-12-16(24-3)18(26-5)17(13-15)25-4/h12-13H,6-11,14H2,1-5H3,(H2,20,21,22). The molecular formula is C19H33N3O5. The number of rotatable bonds is 13. The molecule has 0 aromatic heterocycles. The zero-order chi connectivity index (χ0) is 19.9. The monoisotopic (exact) mass is 383 g/mol. The van der Waals surface area contributed by atoms with Gasteiger partial charge in [0.05, 0.1) is 41.1 Å². The van der Waals surface area contributed by atoms with Gasteiger partial charge >= 0.3 is 0 Å². The maximum atomic E-state index is 5.45. The van der Waals surface area contributed by atoms with Gasteiger partial charge in [-0.1, -0.05) is 0 Å². The van der Waals surface area contributed by atoms with Gasteiger partial charge in [-0.05, 0) is 31.0 Å². The lowest BCUT2D eigenvalue weighted by Gasteiger charge is -2.14. The number of nitrogens with one attached hydrogen (secondary N) is 2. The van der Waals surface area contributed by atoms with Crippen LogP contribution < -0.4 is 24.8 Å². The molecule has 154 valence electrons. The third kappa shape index (κ3) is 8.36. The normalized spacial score (nSPS) is 11.2. The molecule has 0 fully saturated rings. The molecule has 0 radical (unpaired) electrons. The van der Waals surface area contributed by atoms with Crippen LogP contribution in [-0.2, 0) is 16.0 Å². The van der Waals surface area contributed by atoms with E-state index in [2.05, 4.69) is 15.6 Å². The van der Waals surface area contributed by atoms with E-state index in [1.165, 1.54) is 0 Å². The van der Waals surface area contributed by atoms with E-state index >= 15 is 0 Å². The third-order valence-electron chi connectivity index (χ3n) is 3.68. The maximum Gasteiger partial charge on any atom is 0.203 e. The lowest BCUT2D eigenvalue weighted by molar-refractivity contribution is 0.0698. The van der Waals surface area contributed by atoms with Crippen molar-refractivity contribution in [3.63, 3.8) is 0 Å². The Bertz CT molecular complexity index is 541. The van der Waals surface area contributed by atoms with E-state index in [1.807, 2.05) is 19.1 Å². The van der Waals surface area contributed by atoms with Gasteiger partial charge in [-0.2, -0.15) is 0 Å². The highest BCUT2D eigenvalue weighted by Gasteiger charge is 2.13. The fourth-order valence-corrected chi connectivity index (χ4v) is 2.36. The number of hydrogen-bond acceptors (Lipinski definition) is 6. The molecule has 8 heteroatoms. The van der Waals surface area contributed by atoms with Crippen LogP contribution in [-0.4, -0.2) is 67.3 Å². The average Bonchev–Trinajstić information content (AvgIpc) is 2.70. The van der Waals surface area contributed by atoms with Gasteiger partial charge in [0, 0.05) is 26.8 Å². The largest absolute Gasteiger partial charge is 0.493 e. The van der Waals surface area contributed by atoms with Gasteiger partial charge in [0.2, 0.25) is 5.75 Å². The highest BCUT2D eigenvalue weighted by atomic mass is 16.5. The van der Waals surface area contributed by atoms with Gasteiger partial charge in [-0.3, -0.25) is 0 Å². The van der Waals surface area contributed by atoms with Gasteiger partial charge in [0.15, 0.2) is 17.5 Å². The summed E-state index contributed by atoms with van der Waals surface area (Å²) >= 11 is 0. The maximum absolute atomic E-state index is 5.45. The molecule has 0 saturated carbocycles. The minimum atomic E-state index is 0.483. The first kappa shape index (κ1) is 22.9. The molecule has 0 spiro atoms. The Labute approximate surface area is 162 Å². The molecule has 0 aliphatic heterocycles. The van der Waals surface area contributed by atoms with Crippen molar-refractivity contribution in [3.05, 3.63) is 17.7 Å². The van der Waals surface area contributed by atoms with Crippen LogP contribution in [0.3, 0.4) is 0 Å². The minimum absolute atomic E-state index is 0.483. The predicted molar refractivity (Wildman–Crippen MR) is 106 cm³/mol. The molecule has 2 N–H and O–H groups in total. The van der Waals surface area contributed by atoms with Gasteiger partial charge < -0.3 is 34.3 Å². The van der Waals surface area contributed by atoms with Crippen LogP contribution in [0.1, 0.15) is 18.9 Å². The Hall–Kier alpha value is -2.19. The Balaban J connectivity index is 2.63. The van der Waals surface area contributed by atoms with E-state index in [-0.39, 0.29) is 0 Å². The van der Waals surface area contributed by atoms with Crippen molar-refractivity contribution in [3.8, 4) is 17.2 Å². The second kappa shape index (κ2) is 13.9. The van der Waals surface area contributed by atoms with Crippen LogP contribution >= 0.6 is 0 Å². The second-order valence-electron chi connectivity index (χ2n) is 5.61. The number of hydrogen-bond donors (Lipinski definition) is 2. The van der Waals surface area contributed by atoms with Crippen molar-refractivity contribution in [1.29, 1.82) is 0 Å². The molecular weight excluding hydrogens is 350 g/mol. The summed E-state index contributed by atoms with van der Waals surface area (Å²) in [5, 5.41) is 6.54. The minimum Gasteiger partial charge on any atom is -0.493 e. The number of benzene rings is 1. The molecule has 0 aliphatic carbocycles. The van der Waals surface area contributed by atoms with Crippen LogP contribution in [0.2, 0.25) is 0 Å². The summed E-state index contributed by atoms with van der Waals surface area (Å²) in [7, 11) is 6.46. The highest BCUT2D eigenvalue weighted by molar-refractivity contribution is 5.79. The quantitative estimate of drug-likeness (QED) is 0.305. The van der Waals surface area contributed by atoms with E-state index < -0.39 is 0 Å². The van der Waals surface area contributed by atoms with Crippen LogP contribution in [0.25, 0.3) is 0 Å². The topological polar surface area (TPSA) is 82.6 Å². The van der Waals surface area contributed by atoms with E-state index in [9.17, 15) is 0 Å². The van der Waals surface area contributed by atoms with Crippen LogP contribution in [0.15, 0.2) is 17.1 Å². The first-order valence-electron chi connectivity index (χ1n) is 9.07. The zero-order valence-corrected chi connectivity index (χ0v) is 17.1. The first-order chi connectivity index (χ1) is 13.2. The number of ether oxygens (including phenoxy) is 5. The Morgan fingerprint density at radius 3 is 2.19 bits per heavy atom. The number of aliphatic imine (C=N–C) groups is 1. The molecule has 0 bridgehead atoms. The van der Waals surface area contributed by atoms with Crippen molar-refractivity contribution in [1.82, 2.24) is 10.6 Å². The molecule has 0 heterocycles. The molecule has 27 heavy (non-hydrogen) atoms. The van der Waals surface area contributed by atoms with Gasteiger partial charge in [-0.15, -0.1) is 0 Å². The molecule has 0 atom stereocenters. The number of nitrogens with zero attached hydrogens (tertiary/aromatic N) is 1. The Kier molecular flexibility index (Phi) is 11.8. The van der Waals surface area contributed by atoms with Crippen LogP contribution in [0.4, 0.5) is 0 Å². The lowest BCUT2D eigenvalue weighted by Crippen LogP contribution is -2.38. The van der Waals surface area contributed by atoms with Crippen molar-refractivity contribution in [2.24, 2.45) is 4.99 Å². The summed E-state index contributed by atoms with van der Waals surface area (Å²) in [6, 6.07) is 3.80. The SMILES string of the molecule is CCNC(=NCc1cc(OC)c(OC)c(OC)c1)NCCCOCCOC. The third-order valence-corrected chi connectivity index (χ3v) is 3.68. The molecule has 0 saturated heterocycles. The molecule has 1 aromatic carbocycles. The predicted octanol–water partition coefficient (Wildman–Crippen LogP) is 1.82. The highest BCUT2D eigenvalue weighted by Crippen LogP contribution is 2.38. The summed E-state index contributed by atoms with van der Waals surface area (Å²) in [4.78, 5) is 4.62. The van der Waals surface area contributed by atoms with Gasteiger partial charge in [0.1, 0.15) is 0 Å². The first-order valence-corrected chi connectivity index (χ1v) is 9.07. The van der Waals surface area contributed by atoms with E-state index in [0.29, 0.717) is 43.6 Å². The molecule has 8 nitrogen and oxygen atoms in total. The Morgan fingerprint density at radius 2 is 1.63 bits per heavy atom. The second-order valence-corrected chi connectivity index (χ2v) is 5.61. The Morgan fingerprint density at radius 1 is 0.926 bits per heavy atom. The van der Waals surface area contributed by atoms with Crippen molar-refractivity contribution >= 4 is 5.96 Å². The van der Waals surface area contributed by atoms with Crippen LogP contribution in [0.5, 0.6) is 17.2 Å². The molecule has 0 aliphatic rings. The summed E-state index contributed by atoms with van der Waals surface area (Å²) in [5.74, 6) is 2.57. The average molecular weight is 383 g/mol. The molecule has 0 amide bonds. The smallest absolute Gasteiger partial charge is 0.203 e. The van der Waals surface area contributed by atoms with E-state index in [1.54, 1.807) is 28.4 Å². The van der Waals surface area contributed by atoms with Gasteiger partial charge in [0.25, 0.3) is 0 Å². The van der Waals surface area contributed by atoms with E-state index in [0.717, 1.165) is 31.0 Å². The van der Waals surface area contributed by atoms with Crippen molar-refractivity contribution in [2.75, 3.05) is 61.3 Å². The van der Waals surface area contributed by atoms with E-state index in [4.69, 9.17) is 23.7 Å². The van der Waals surface area contributed by atoms with Crippen LogP contribution in [0, 0.1) is 0 Å². The van der Waals surface area contributed by atoms with Crippen molar-refractivity contribution in [2.45, 2.75) is 19.9 Å². The molecule has 1 aromatic rings. The van der Waals surface area contributed by atoms with Crippen molar-refractivity contribution < 1.29 is 23.7 Å². The summed E-state index contributed by atoms with van der Waals surface area (Å²) < 4.78 is 26.5. The fourth-order valence-electron chi connectivity index (χ4n) is 2.36. The number of guanidine groups is 1. The summed E-state index contributed by atoms with van der Waals surface area (Å²) in [6.45, 7) is 5.99. The fraction of sp³-hybridized carbons (Fsp3) is 0.632. The zero-order valence-electron chi connectivity index (χ0n) is 17.1. The lowest BCUT2D eigenvalue weighted by atomic mass is 10.2.